The fourth-order valence-electron chi connectivity index (χ4n) is 4.99. The average molecular weight is 454 g/mol. The molecule has 3 aromatic carbocycles. The molecule has 1 amide bonds. The van der Waals surface area contributed by atoms with Gasteiger partial charge in [0.05, 0.1) is 17.6 Å². The summed E-state index contributed by atoms with van der Waals surface area (Å²) in [5.41, 5.74) is 6.59. The number of para-hydroxylation sites is 3. The van der Waals surface area contributed by atoms with Crippen LogP contribution in [0.2, 0.25) is 0 Å². The number of carbonyl (C=O) groups excluding carboxylic acids is 1. The van der Waals surface area contributed by atoms with E-state index in [-0.39, 0.29) is 11.8 Å². The van der Waals surface area contributed by atoms with Gasteiger partial charge in [-0.1, -0.05) is 48.0 Å². The van der Waals surface area contributed by atoms with Gasteiger partial charge in [0.1, 0.15) is 11.6 Å². The summed E-state index contributed by atoms with van der Waals surface area (Å²) in [5.74, 6) is 2.16. The fourth-order valence-corrected chi connectivity index (χ4v) is 4.99. The van der Waals surface area contributed by atoms with Crippen LogP contribution in [0, 0.1) is 20.8 Å². The topological polar surface area (TPSA) is 47.4 Å². The van der Waals surface area contributed by atoms with Crippen molar-refractivity contribution in [1.29, 1.82) is 0 Å². The van der Waals surface area contributed by atoms with Gasteiger partial charge in [-0.3, -0.25) is 4.79 Å². The van der Waals surface area contributed by atoms with E-state index < -0.39 is 0 Å². The number of aryl methyl sites for hydroxylation is 4. The van der Waals surface area contributed by atoms with Crippen molar-refractivity contribution in [3.8, 4) is 5.75 Å². The Morgan fingerprint density at radius 2 is 1.76 bits per heavy atom. The smallest absolute Gasteiger partial charge is 0.227 e. The number of benzene rings is 3. The van der Waals surface area contributed by atoms with Gasteiger partial charge < -0.3 is 14.2 Å². The number of fused-ring (bicyclic) bond motifs is 1. The maximum absolute atomic E-state index is 13.0. The van der Waals surface area contributed by atoms with Crippen LogP contribution in [0.5, 0.6) is 5.75 Å². The number of aromatic nitrogens is 2. The van der Waals surface area contributed by atoms with E-state index in [1.807, 2.05) is 29.2 Å². The summed E-state index contributed by atoms with van der Waals surface area (Å²) < 4.78 is 8.32. The van der Waals surface area contributed by atoms with Crippen LogP contribution in [0.3, 0.4) is 0 Å². The third-order valence-electron chi connectivity index (χ3n) is 6.69. The Morgan fingerprint density at radius 3 is 2.59 bits per heavy atom. The highest BCUT2D eigenvalue weighted by molar-refractivity contribution is 5.97. The highest BCUT2D eigenvalue weighted by Crippen LogP contribution is 2.34. The Hall–Kier alpha value is -3.60. The zero-order valence-electron chi connectivity index (χ0n) is 20.1. The number of anilines is 1. The number of ether oxygens (including phenoxy) is 1. The first kappa shape index (κ1) is 22.2. The molecule has 2 heterocycles. The lowest BCUT2D eigenvalue weighted by atomic mass is 10.1. The third-order valence-corrected chi connectivity index (χ3v) is 6.69. The summed E-state index contributed by atoms with van der Waals surface area (Å²) in [7, 11) is 0. The van der Waals surface area contributed by atoms with E-state index in [4.69, 9.17) is 9.72 Å². The van der Waals surface area contributed by atoms with E-state index in [1.165, 1.54) is 5.56 Å². The normalized spacial score (nSPS) is 15.9. The molecule has 5 rings (SSSR count). The summed E-state index contributed by atoms with van der Waals surface area (Å²) >= 11 is 0. The monoisotopic (exact) mass is 453 g/mol. The van der Waals surface area contributed by atoms with Crippen molar-refractivity contribution in [2.24, 2.45) is 0 Å². The van der Waals surface area contributed by atoms with Crippen LogP contribution in [-0.4, -0.2) is 28.6 Å². The van der Waals surface area contributed by atoms with Gasteiger partial charge in [0.15, 0.2) is 0 Å². The molecule has 1 saturated heterocycles. The fraction of sp³-hybridized carbons (Fsp3) is 0.310. The summed E-state index contributed by atoms with van der Waals surface area (Å²) in [6, 6.07) is 22.6. The highest BCUT2D eigenvalue weighted by Gasteiger charge is 2.35. The predicted molar refractivity (Wildman–Crippen MR) is 137 cm³/mol. The molecule has 0 unspecified atom stereocenters. The van der Waals surface area contributed by atoms with Gasteiger partial charge in [-0.15, -0.1) is 0 Å². The molecule has 1 aliphatic heterocycles. The summed E-state index contributed by atoms with van der Waals surface area (Å²) in [4.78, 5) is 20.0. The van der Waals surface area contributed by atoms with Crippen LogP contribution < -0.4 is 9.64 Å². The first-order chi connectivity index (χ1) is 16.5. The molecule has 0 bridgehead atoms. The molecule has 1 fully saturated rings. The lowest BCUT2D eigenvalue weighted by Gasteiger charge is -2.20. The van der Waals surface area contributed by atoms with Crippen molar-refractivity contribution in [3.05, 3.63) is 89.2 Å². The van der Waals surface area contributed by atoms with Gasteiger partial charge in [0.25, 0.3) is 0 Å². The van der Waals surface area contributed by atoms with Gasteiger partial charge in [0.2, 0.25) is 5.91 Å². The maximum atomic E-state index is 13.0. The van der Waals surface area contributed by atoms with Gasteiger partial charge in [-0.25, -0.2) is 4.98 Å². The second kappa shape index (κ2) is 9.34. The summed E-state index contributed by atoms with van der Waals surface area (Å²) in [6.07, 6.45) is 1.35. The number of amides is 1. The minimum absolute atomic E-state index is 0.0675. The Bertz CT molecular complexity index is 1340. The molecule has 0 aliphatic carbocycles. The zero-order chi connectivity index (χ0) is 23.7. The number of rotatable bonds is 7. The molecule has 5 nitrogen and oxygen atoms in total. The van der Waals surface area contributed by atoms with Gasteiger partial charge in [-0.05, 0) is 62.6 Å². The Morgan fingerprint density at radius 1 is 0.971 bits per heavy atom. The van der Waals surface area contributed by atoms with Crippen molar-refractivity contribution in [1.82, 2.24) is 9.55 Å². The van der Waals surface area contributed by atoms with Crippen LogP contribution in [0.1, 0.15) is 41.3 Å². The van der Waals surface area contributed by atoms with E-state index >= 15 is 0 Å². The Kier molecular flexibility index (Phi) is 6.10. The van der Waals surface area contributed by atoms with E-state index in [0.717, 1.165) is 52.4 Å². The van der Waals surface area contributed by atoms with Crippen LogP contribution in [0.4, 0.5) is 5.69 Å². The van der Waals surface area contributed by atoms with Gasteiger partial charge in [0, 0.05) is 31.1 Å². The van der Waals surface area contributed by atoms with E-state index in [9.17, 15) is 4.79 Å². The molecule has 0 radical (unpaired) electrons. The lowest BCUT2D eigenvalue weighted by molar-refractivity contribution is -0.117. The Balaban J connectivity index is 1.36. The van der Waals surface area contributed by atoms with Crippen LogP contribution in [-0.2, 0) is 11.3 Å². The minimum atomic E-state index is 0.0675. The number of hydrogen-bond donors (Lipinski definition) is 0. The molecular formula is C29H31N3O2. The van der Waals surface area contributed by atoms with E-state index in [1.54, 1.807) is 0 Å². The molecule has 1 aromatic heterocycles. The largest absolute Gasteiger partial charge is 0.493 e. The molecule has 174 valence electrons. The SMILES string of the molecule is Cc1ccc(N2C[C@H](c3nc4ccccc4n3CCCOc3ccccc3C)CC2=O)c(C)c1. The van der Waals surface area contributed by atoms with Gasteiger partial charge in [-0.2, -0.15) is 0 Å². The van der Waals surface area contributed by atoms with E-state index in [0.29, 0.717) is 19.6 Å². The number of carbonyl (C=O) groups is 1. The zero-order valence-corrected chi connectivity index (χ0v) is 20.1. The molecule has 0 N–H and O–H groups in total. The van der Waals surface area contributed by atoms with Crippen molar-refractivity contribution < 1.29 is 9.53 Å². The lowest BCUT2D eigenvalue weighted by Crippen LogP contribution is -2.25. The molecule has 0 saturated carbocycles. The number of nitrogens with zero attached hydrogens (tertiary/aromatic N) is 3. The number of hydrogen-bond acceptors (Lipinski definition) is 3. The molecule has 4 aromatic rings. The molecule has 1 atom stereocenters. The highest BCUT2D eigenvalue weighted by atomic mass is 16.5. The van der Waals surface area contributed by atoms with Crippen molar-refractivity contribution in [3.63, 3.8) is 0 Å². The van der Waals surface area contributed by atoms with Crippen LogP contribution in [0.15, 0.2) is 66.7 Å². The summed E-state index contributed by atoms with van der Waals surface area (Å²) in [5, 5.41) is 0. The number of imidazole rings is 1. The van der Waals surface area contributed by atoms with Crippen molar-refractivity contribution >= 4 is 22.6 Å². The first-order valence-electron chi connectivity index (χ1n) is 12.0. The summed E-state index contributed by atoms with van der Waals surface area (Å²) in [6.45, 7) is 8.31. The molecule has 34 heavy (non-hydrogen) atoms. The van der Waals surface area contributed by atoms with Crippen molar-refractivity contribution in [2.75, 3.05) is 18.1 Å². The minimum Gasteiger partial charge on any atom is -0.493 e. The molecular weight excluding hydrogens is 422 g/mol. The second-order valence-corrected chi connectivity index (χ2v) is 9.27. The average Bonchev–Trinajstić information content (AvgIpc) is 3.38. The van der Waals surface area contributed by atoms with Crippen LogP contribution >= 0.6 is 0 Å². The van der Waals surface area contributed by atoms with Crippen molar-refractivity contribution in [2.45, 2.75) is 46.1 Å². The predicted octanol–water partition coefficient (Wildman–Crippen LogP) is 5.95. The maximum Gasteiger partial charge on any atom is 0.227 e. The Labute approximate surface area is 201 Å². The molecule has 5 heteroatoms. The molecule has 1 aliphatic rings. The first-order valence-corrected chi connectivity index (χ1v) is 12.0. The molecule has 0 spiro atoms. The van der Waals surface area contributed by atoms with Gasteiger partial charge >= 0.3 is 0 Å². The third kappa shape index (κ3) is 4.30. The standard InChI is InChI=1S/C29H31N3O2/c1-20-13-14-25(22(3)17-20)32-19-23(18-28(32)33)29-30-24-10-5-6-11-26(24)31(29)15-8-16-34-27-12-7-4-9-21(27)2/h4-7,9-14,17,23H,8,15-16,18-19H2,1-3H3/t23-/m1/s1. The quantitative estimate of drug-likeness (QED) is 0.325. The second-order valence-electron chi connectivity index (χ2n) is 9.27. The van der Waals surface area contributed by atoms with E-state index in [2.05, 4.69) is 67.8 Å². The van der Waals surface area contributed by atoms with Crippen LogP contribution in [0.25, 0.3) is 11.0 Å².